The van der Waals surface area contributed by atoms with E-state index in [1.807, 2.05) is 37.3 Å². The van der Waals surface area contributed by atoms with Gasteiger partial charge in [0, 0.05) is 23.1 Å². The number of aryl methyl sites for hydroxylation is 3. The van der Waals surface area contributed by atoms with Crippen LogP contribution in [0.2, 0.25) is 0 Å². The fraction of sp³-hybridized carbons (Fsp3) is 0.158. The first-order chi connectivity index (χ1) is 11.1. The van der Waals surface area contributed by atoms with E-state index in [0.717, 1.165) is 22.9 Å². The van der Waals surface area contributed by atoms with Gasteiger partial charge in [0.1, 0.15) is 5.82 Å². The van der Waals surface area contributed by atoms with Gasteiger partial charge in [-0.3, -0.25) is 0 Å². The molecule has 0 saturated carbocycles. The number of aromatic nitrogens is 2. The standard InChI is InChI=1S/C19H20N4/c1-13-6-4-8-16(10-13)21-18-12-15(3)20-19(23-18)22-17-9-5-7-14(2)11-17/h4-12H,1-3H3,(H2,20,21,22,23). The van der Waals surface area contributed by atoms with Crippen LogP contribution in [0.15, 0.2) is 54.6 Å². The molecule has 4 nitrogen and oxygen atoms in total. The van der Waals surface area contributed by atoms with Gasteiger partial charge < -0.3 is 10.6 Å². The van der Waals surface area contributed by atoms with Crippen LogP contribution in [0.5, 0.6) is 0 Å². The minimum absolute atomic E-state index is 0.589. The Morgan fingerprint density at radius 2 is 1.30 bits per heavy atom. The number of nitrogens with one attached hydrogen (secondary N) is 2. The molecule has 0 unspecified atom stereocenters. The third-order valence-electron chi connectivity index (χ3n) is 3.42. The Morgan fingerprint density at radius 1 is 0.696 bits per heavy atom. The molecule has 0 atom stereocenters. The molecule has 3 aromatic rings. The Kier molecular flexibility index (Phi) is 4.24. The van der Waals surface area contributed by atoms with Crippen LogP contribution < -0.4 is 10.6 Å². The lowest BCUT2D eigenvalue weighted by Crippen LogP contribution is -2.02. The summed E-state index contributed by atoms with van der Waals surface area (Å²) in [6.07, 6.45) is 0. The SMILES string of the molecule is Cc1cccc(Nc2cc(C)nc(Nc3cccc(C)c3)n2)c1. The number of benzene rings is 2. The summed E-state index contributed by atoms with van der Waals surface area (Å²) >= 11 is 0. The van der Waals surface area contributed by atoms with Crippen molar-refractivity contribution in [3.8, 4) is 0 Å². The fourth-order valence-electron chi connectivity index (χ4n) is 2.41. The largest absolute Gasteiger partial charge is 0.340 e. The minimum atomic E-state index is 0.589. The molecule has 4 heteroatoms. The third kappa shape index (κ3) is 4.07. The second-order valence-electron chi connectivity index (χ2n) is 5.71. The van der Waals surface area contributed by atoms with Crippen LogP contribution in [-0.4, -0.2) is 9.97 Å². The van der Waals surface area contributed by atoms with Crippen molar-refractivity contribution in [2.24, 2.45) is 0 Å². The molecule has 0 spiro atoms. The van der Waals surface area contributed by atoms with Gasteiger partial charge in [0.15, 0.2) is 0 Å². The van der Waals surface area contributed by atoms with Crippen molar-refractivity contribution in [1.29, 1.82) is 0 Å². The highest BCUT2D eigenvalue weighted by atomic mass is 15.1. The summed E-state index contributed by atoms with van der Waals surface area (Å²) in [6.45, 7) is 6.10. The fourth-order valence-corrected chi connectivity index (χ4v) is 2.41. The van der Waals surface area contributed by atoms with Crippen molar-refractivity contribution < 1.29 is 0 Å². The van der Waals surface area contributed by atoms with Crippen molar-refractivity contribution in [2.75, 3.05) is 10.6 Å². The molecule has 3 rings (SSSR count). The Bertz CT molecular complexity index is 761. The second kappa shape index (κ2) is 6.48. The Labute approximate surface area is 136 Å². The summed E-state index contributed by atoms with van der Waals surface area (Å²) in [7, 11) is 0. The average Bonchev–Trinajstić information content (AvgIpc) is 2.46. The molecule has 0 aliphatic heterocycles. The van der Waals surface area contributed by atoms with E-state index in [1.54, 1.807) is 0 Å². The lowest BCUT2D eigenvalue weighted by Gasteiger charge is -2.10. The maximum atomic E-state index is 4.55. The average molecular weight is 304 g/mol. The molecule has 0 fully saturated rings. The molecule has 2 N–H and O–H groups in total. The zero-order chi connectivity index (χ0) is 16.2. The molecular weight excluding hydrogens is 284 g/mol. The van der Waals surface area contributed by atoms with E-state index in [1.165, 1.54) is 11.1 Å². The monoisotopic (exact) mass is 304 g/mol. The van der Waals surface area contributed by atoms with Crippen LogP contribution >= 0.6 is 0 Å². The highest BCUT2D eigenvalue weighted by Crippen LogP contribution is 2.20. The quantitative estimate of drug-likeness (QED) is 0.720. The predicted octanol–water partition coefficient (Wildman–Crippen LogP) is 4.89. The maximum Gasteiger partial charge on any atom is 0.229 e. The zero-order valence-corrected chi connectivity index (χ0v) is 13.6. The first-order valence-corrected chi connectivity index (χ1v) is 7.61. The summed E-state index contributed by atoms with van der Waals surface area (Å²) in [4.78, 5) is 9.01. The molecule has 1 heterocycles. The van der Waals surface area contributed by atoms with Crippen LogP contribution in [0.3, 0.4) is 0 Å². The van der Waals surface area contributed by atoms with Gasteiger partial charge in [-0.1, -0.05) is 24.3 Å². The second-order valence-corrected chi connectivity index (χ2v) is 5.71. The van der Waals surface area contributed by atoms with Gasteiger partial charge in [0.25, 0.3) is 0 Å². The summed E-state index contributed by atoms with van der Waals surface area (Å²) in [6, 6.07) is 18.3. The van der Waals surface area contributed by atoms with E-state index in [0.29, 0.717) is 5.95 Å². The van der Waals surface area contributed by atoms with E-state index in [4.69, 9.17) is 0 Å². The topological polar surface area (TPSA) is 49.8 Å². The van der Waals surface area contributed by atoms with Crippen molar-refractivity contribution in [2.45, 2.75) is 20.8 Å². The molecule has 116 valence electrons. The van der Waals surface area contributed by atoms with E-state index >= 15 is 0 Å². The van der Waals surface area contributed by atoms with Crippen LogP contribution in [0.25, 0.3) is 0 Å². The summed E-state index contributed by atoms with van der Waals surface area (Å²) in [5, 5.41) is 6.59. The first-order valence-electron chi connectivity index (χ1n) is 7.61. The number of nitrogens with zero attached hydrogens (tertiary/aromatic N) is 2. The number of anilines is 4. The lowest BCUT2D eigenvalue weighted by atomic mass is 10.2. The summed E-state index contributed by atoms with van der Waals surface area (Å²) in [5.41, 5.74) is 5.31. The predicted molar refractivity (Wildman–Crippen MR) is 95.7 cm³/mol. The molecule has 0 amide bonds. The van der Waals surface area contributed by atoms with E-state index in [-0.39, 0.29) is 0 Å². The molecule has 2 aromatic carbocycles. The highest BCUT2D eigenvalue weighted by Gasteiger charge is 2.04. The number of hydrogen-bond acceptors (Lipinski definition) is 4. The number of hydrogen-bond donors (Lipinski definition) is 2. The normalized spacial score (nSPS) is 10.4. The lowest BCUT2D eigenvalue weighted by molar-refractivity contribution is 1.11. The van der Waals surface area contributed by atoms with Gasteiger partial charge in [-0.2, -0.15) is 4.98 Å². The Morgan fingerprint density at radius 3 is 1.91 bits per heavy atom. The van der Waals surface area contributed by atoms with Crippen molar-refractivity contribution in [3.05, 3.63) is 71.4 Å². The number of rotatable bonds is 4. The Hall–Kier alpha value is -2.88. The summed E-state index contributed by atoms with van der Waals surface area (Å²) < 4.78 is 0. The van der Waals surface area contributed by atoms with Crippen molar-refractivity contribution >= 4 is 23.1 Å². The first kappa shape index (κ1) is 15.0. The Balaban J connectivity index is 1.84. The molecule has 0 saturated heterocycles. The van der Waals surface area contributed by atoms with Gasteiger partial charge in [-0.15, -0.1) is 0 Å². The molecule has 0 radical (unpaired) electrons. The third-order valence-corrected chi connectivity index (χ3v) is 3.42. The molecule has 0 aliphatic carbocycles. The van der Waals surface area contributed by atoms with E-state index < -0.39 is 0 Å². The van der Waals surface area contributed by atoms with E-state index in [2.05, 4.69) is 58.7 Å². The highest BCUT2D eigenvalue weighted by molar-refractivity contribution is 5.60. The molecule has 23 heavy (non-hydrogen) atoms. The van der Waals surface area contributed by atoms with Crippen LogP contribution in [0, 0.1) is 20.8 Å². The maximum absolute atomic E-state index is 4.55. The van der Waals surface area contributed by atoms with Gasteiger partial charge in [0.2, 0.25) is 5.95 Å². The van der Waals surface area contributed by atoms with Crippen LogP contribution in [0.1, 0.15) is 16.8 Å². The molecule has 0 aliphatic rings. The molecule has 1 aromatic heterocycles. The molecule has 0 bridgehead atoms. The van der Waals surface area contributed by atoms with Gasteiger partial charge >= 0.3 is 0 Å². The van der Waals surface area contributed by atoms with Crippen LogP contribution in [0.4, 0.5) is 23.1 Å². The minimum Gasteiger partial charge on any atom is -0.340 e. The van der Waals surface area contributed by atoms with Gasteiger partial charge in [-0.05, 0) is 56.2 Å². The smallest absolute Gasteiger partial charge is 0.229 e. The van der Waals surface area contributed by atoms with E-state index in [9.17, 15) is 0 Å². The van der Waals surface area contributed by atoms with Crippen molar-refractivity contribution in [3.63, 3.8) is 0 Å². The van der Waals surface area contributed by atoms with Crippen molar-refractivity contribution in [1.82, 2.24) is 9.97 Å². The zero-order valence-electron chi connectivity index (χ0n) is 13.6. The molecular formula is C19H20N4. The van der Waals surface area contributed by atoms with Gasteiger partial charge in [-0.25, -0.2) is 4.98 Å². The van der Waals surface area contributed by atoms with Crippen LogP contribution in [-0.2, 0) is 0 Å². The summed E-state index contributed by atoms with van der Waals surface area (Å²) in [5.74, 6) is 1.36. The van der Waals surface area contributed by atoms with Gasteiger partial charge in [0.05, 0.1) is 0 Å².